The van der Waals surface area contributed by atoms with Crippen LogP contribution in [0.3, 0.4) is 0 Å². The van der Waals surface area contributed by atoms with E-state index in [-0.39, 0.29) is 11.8 Å². The van der Waals surface area contributed by atoms with Gasteiger partial charge in [0.05, 0.1) is 5.92 Å². The minimum absolute atomic E-state index is 0.000119. The van der Waals surface area contributed by atoms with E-state index >= 15 is 0 Å². The van der Waals surface area contributed by atoms with Gasteiger partial charge in [-0.2, -0.15) is 0 Å². The van der Waals surface area contributed by atoms with Crippen LogP contribution in [0.4, 0.5) is 0 Å². The molecule has 0 aliphatic carbocycles. The smallest absolute Gasteiger partial charge is 0.227 e. The molecule has 3 nitrogen and oxygen atoms in total. The number of carbonyl (C=O) groups excluding carboxylic acids is 1. The summed E-state index contributed by atoms with van der Waals surface area (Å²) < 4.78 is 0. The molecule has 22 heavy (non-hydrogen) atoms. The Kier molecular flexibility index (Phi) is 6.91. The molecule has 0 spiro atoms. The van der Waals surface area contributed by atoms with Crippen LogP contribution < -0.4 is 5.32 Å². The molecule has 3 heteroatoms. The molecule has 1 fully saturated rings. The Morgan fingerprint density at radius 3 is 2.45 bits per heavy atom. The number of benzene rings is 1. The molecule has 0 radical (unpaired) electrons. The SMILES string of the molecule is CCCC(C(=O)NC1CCN(CCC)CC1)c1ccccc1. The van der Waals surface area contributed by atoms with Crippen molar-refractivity contribution in [2.75, 3.05) is 19.6 Å². The van der Waals surface area contributed by atoms with Gasteiger partial charge in [-0.1, -0.05) is 50.6 Å². The van der Waals surface area contributed by atoms with Crippen molar-refractivity contribution in [3.05, 3.63) is 35.9 Å². The van der Waals surface area contributed by atoms with Crippen LogP contribution in [0.5, 0.6) is 0 Å². The van der Waals surface area contributed by atoms with Crippen LogP contribution in [0.2, 0.25) is 0 Å². The fraction of sp³-hybridized carbons (Fsp3) is 0.632. The summed E-state index contributed by atoms with van der Waals surface area (Å²) >= 11 is 0. The van der Waals surface area contributed by atoms with E-state index in [2.05, 4.69) is 36.2 Å². The molecule has 0 bridgehead atoms. The third-order valence-corrected chi connectivity index (χ3v) is 4.57. The average Bonchev–Trinajstić information content (AvgIpc) is 2.55. The van der Waals surface area contributed by atoms with E-state index in [9.17, 15) is 4.79 Å². The molecule has 1 aromatic rings. The highest BCUT2D eigenvalue weighted by Crippen LogP contribution is 2.22. The first-order valence-electron chi connectivity index (χ1n) is 8.82. The standard InChI is InChI=1S/C19H30N2O/c1-3-8-18(16-9-6-5-7-10-16)19(22)20-17-11-14-21(13-4-2)15-12-17/h5-7,9-10,17-18H,3-4,8,11-15H2,1-2H3,(H,20,22). The summed E-state index contributed by atoms with van der Waals surface area (Å²) in [5.41, 5.74) is 1.14. The molecule has 0 saturated carbocycles. The Balaban J connectivity index is 1.89. The van der Waals surface area contributed by atoms with Crippen molar-refractivity contribution < 1.29 is 4.79 Å². The minimum Gasteiger partial charge on any atom is -0.353 e. The number of carbonyl (C=O) groups is 1. The molecule has 1 saturated heterocycles. The Morgan fingerprint density at radius 2 is 1.86 bits per heavy atom. The second-order valence-corrected chi connectivity index (χ2v) is 6.38. The summed E-state index contributed by atoms with van der Waals surface area (Å²) in [7, 11) is 0. The van der Waals surface area contributed by atoms with Crippen molar-refractivity contribution in [2.24, 2.45) is 0 Å². The lowest BCUT2D eigenvalue weighted by atomic mass is 9.92. The number of nitrogens with one attached hydrogen (secondary N) is 1. The Labute approximate surface area is 135 Å². The van der Waals surface area contributed by atoms with Crippen LogP contribution in [0, 0.1) is 0 Å². The van der Waals surface area contributed by atoms with Gasteiger partial charge >= 0.3 is 0 Å². The lowest BCUT2D eigenvalue weighted by Crippen LogP contribution is -2.46. The number of amides is 1. The summed E-state index contributed by atoms with van der Waals surface area (Å²) in [6.07, 6.45) is 5.33. The van der Waals surface area contributed by atoms with E-state index in [1.54, 1.807) is 0 Å². The summed E-state index contributed by atoms with van der Waals surface area (Å²) in [6.45, 7) is 7.78. The van der Waals surface area contributed by atoms with Crippen molar-refractivity contribution in [1.29, 1.82) is 0 Å². The normalized spacial score (nSPS) is 18.1. The maximum absolute atomic E-state index is 12.7. The van der Waals surface area contributed by atoms with E-state index in [1.165, 1.54) is 13.0 Å². The van der Waals surface area contributed by atoms with Gasteiger partial charge < -0.3 is 10.2 Å². The molecular weight excluding hydrogens is 272 g/mol. The molecule has 1 N–H and O–H groups in total. The van der Waals surface area contributed by atoms with E-state index in [0.717, 1.165) is 44.3 Å². The molecule has 1 atom stereocenters. The lowest BCUT2D eigenvalue weighted by Gasteiger charge is -2.33. The predicted molar refractivity (Wildman–Crippen MR) is 92.0 cm³/mol. The summed E-state index contributed by atoms with van der Waals surface area (Å²) in [6, 6.07) is 10.5. The molecule has 2 rings (SSSR count). The van der Waals surface area contributed by atoms with Crippen molar-refractivity contribution in [3.63, 3.8) is 0 Å². The predicted octanol–water partition coefficient (Wildman–Crippen LogP) is 3.56. The number of hydrogen-bond donors (Lipinski definition) is 1. The molecule has 1 aromatic carbocycles. The molecule has 0 aromatic heterocycles. The minimum atomic E-state index is -0.000119. The number of likely N-dealkylation sites (tertiary alicyclic amines) is 1. The fourth-order valence-electron chi connectivity index (χ4n) is 3.34. The zero-order valence-electron chi connectivity index (χ0n) is 14.1. The van der Waals surface area contributed by atoms with Crippen LogP contribution in [0.25, 0.3) is 0 Å². The van der Waals surface area contributed by atoms with Gasteiger partial charge in [0.1, 0.15) is 0 Å². The Morgan fingerprint density at radius 1 is 1.18 bits per heavy atom. The quantitative estimate of drug-likeness (QED) is 0.835. The van der Waals surface area contributed by atoms with E-state index in [0.29, 0.717) is 6.04 Å². The monoisotopic (exact) mass is 302 g/mol. The third kappa shape index (κ3) is 4.84. The Bertz CT molecular complexity index is 438. The molecule has 1 unspecified atom stereocenters. The summed E-state index contributed by atoms with van der Waals surface area (Å²) in [5, 5.41) is 3.30. The highest BCUT2D eigenvalue weighted by atomic mass is 16.1. The zero-order valence-corrected chi connectivity index (χ0v) is 14.1. The van der Waals surface area contributed by atoms with Crippen molar-refractivity contribution >= 4 is 5.91 Å². The maximum Gasteiger partial charge on any atom is 0.227 e. The zero-order chi connectivity index (χ0) is 15.8. The fourth-order valence-corrected chi connectivity index (χ4v) is 3.34. The topological polar surface area (TPSA) is 32.3 Å². The van der Waals surface area contributed by atoms with Gasteiger partial charge in [-0.3, -0.25) is 4.79 Å². The van der Waals surface area contributed by atoms with Gasteiger partial charge in [-0.05, 0) is 37.8 Å². The average molecular weight is 302 g/mol. The first-order chi connectivity index (χ1) is 10.7. The molecule has 1 aliphatic rings. The molecule has 1 heterocycles. The molecule has 122 valence electrons. The second kappa shape index (κ2) is 8.94. The first kappa shape index (κ1) is 17.0. The van der Waals surface area contributed by atoms with Crippen molar-refractivity contribution in [2.45, 2.75) is 57.9 Å². The summed E-state index contributed by atoms with van der Waals surface area (Å²) in [5.74, 6) is 0.210. The van der Waals surface area contributed by atoms with Gasteiger partial charge in [0.15, 0.2) is 0 Å². The van der Waals surface area contributed by atoms with Gasteiger partial charge in [0.25, 0.3) is 0 Å². The number of nitrogens with zero attached hydrogens (tertiary/aromatic N) is 1. The molecular formula is C19H30N2O. The van der Waals surface area contributed by atoms with E-state index < -0.39 is 0 Å². The first-order valence-corrected chi connectivity index (χ1v) is 8.82. The Hall–Kier alpha value is -1.35. The van der Waals surface area contributed by atoms with Gasteiger partial charge in [-0.25, -0.2) is 0 Å². The molecule has 1 aliphatic heterocycles. The largest absolute Gasteiger partial charge is 0.353 e. The molecule has 1 amide bonds. The highest BCUT2D eigenvalue weighted by Gasteiger charge is 2.24. The van der Waals surface area contributed by atoms with E-state index in [4.69, 9.17) is 0 Å². The van der Waals surface area contributed by atoms with E-state index in [1.807, 2.05) is 18.2 Å². The van der Waals surface area contributed by atoms with Crippen molar-refractivity contribution in [3.8, 4) is 0 Å². The number of piperidine rings is 1. The number of hydrogen-bond acceptors (Lipinski definition) is 2. The summed E-state index contributed by atoms with van der Waals surface area (Å²) in [4.78, 5) is 15.2. The van der Waals surface area contributed by atoms with Crippen molar-refractivity contribution in [1.82, 2.24) is 10.2 Å². The maximum atomic E-state index is 12.7. The van der Waals surface area contributed by atoms with Crippen LogP contribution in [-0.4, -0.2) is 36.5 Å². The van der Waals surface area contributed by atoms with Gasteiger partial charge in [0, 0.05) is 19.1 Å². The van der Waals surface area contributed by atoms with Crippen LogP contribution >= 0.6 is 0 Å². The van der Waals surface area contributed by atoms with Crippen LogP contribution in [-0.2, 0) is 4.79 Å². The van der Waals surface area contributed by atoms with Gasteiger partial charge in [-0.15, -0.1) is 0 Å². The number of rotatable bonds is 7. The van der Waals surface area contributed by atoms with Crippen LogP contribution in [0.1, 0.15) is 57.4 Å². The third-order valence-electron chi connectivity index (χ3n) is 4.57. The lowest BCUT2D eigenvalue weighted by molar-refractivity contribution is -0.123. The highest BCUT2D eigenvalue weighted by molar-refractivity contribution is 5.83. The second-order valence-electron chi connectivity index (χ2n) is 6.38. The van der Waals surface area contributed by atoms with Gasteiger partial charge in [0.2, 0.25) is 5.91 Å². The van der Waals surface area contributed by atoms with Crippen LogP contribution in [0.15, 0.2) is 30.3 Å².